The van der Waals surface area contributed by atoms with Crippen LogP contribution in [0.5, 0.6) is 5.75 Å². The van der Waals surface area contributed by atoms with E-state index in [4.69, 9.17) is 4.74 Å². The molecule has 0 amide bonds. The minimum absolute atomic E-state index is 0.826. The number of nitrogens with zero attached hydrogens (tertiary/aromatic N) is 1. The third kappa shape index (κ3) is 2.32. The molecule has 2 heteroatoms. The van der Waals surface area contributed by atoms with E-state index in [1.165, 1.54) is 11.1 Å². The third-order valence-electron chi connectivity index (χ3n) is 2.88. The minimum atomic E-state index is 0.826. The molecule has 0 saturated carbocycles. The van der Waals surface area contributed by atoms with Crippen molar-refractivity contribution in [1.82, 2.24) is 4.90 Å². The summed E-state index contributed by atoms with van der Waals surface area (Å²) in [6, 6.07) is 6.41. The highest BCUT2D eigenvalue weighted by atomic mass is 16.5. The summed E-state index contributed by atoms with van der Waals surface area (Å²) < 4.78 is 5.77. The van der Waals surface area contributed by atoms with E-state index in [-0.39, 0.29) is 0 Å². The molecule has 0 spiro atoms. The molecule has 82 valence electrons. The highest BCUT2D eigenvalue weighted by Crippen LogP contribution is 2.27. The lowest BCUT2D eigenvalue weighted by molar-refractivity contribution is 0.289. The van der Waals surface area contributed by atoms with Crippen molar-refractivity contribution in [3.63, 3.8) is 0 Å². The van der Waals surface area contributed by atoms with Crippen molar-refractivity contribution in [2.24, 2.45) is 0 Å². The summed E-state index contributed by atoms with van der Waals surface area (Å²) in [4.78, 5) is 2.35. The molecule has 0 radical (unpaired) electrons. The van der Waals surface area contributed by atoms with Crippen LogP contribution in [-0.4, -0.2) is 25.1 Å². The average Bonchev–Trinajstić information content (AvgIpc) is 2.25. The van der Waals surface area contributed by atoms with Crippen LogP contribution in [-0.2, 0) is 13.0 Å². The van der Waals surface area contributed by atoms with Gasteiger partial charge in [-0.2, -0.15) is 0 Å². The van der Waals surface area contributed by atoms with Crippen LogP contribution in [0.3, 0.4) is 0 Å². The second-order valence-electron chi connectivity index (χ2n) is 4.23. The number of likely N-dealkylation sites (N-methyl/N-ethyl adjacent to an activating group) is 1. The third-order valence-corrected chi connectivity index (χ3v) is 2.88. The van der Waals surface area contributed by atoms with Crippen molar-refractivity contribution < 1.29 is 4.74 Å². The Morgan fingerprint density at radius 1 is 1.40 bits per heavy atom. The molecule has 0 bridgehead atoms. The monoisotopic (exact) mass is 205 g/mol. The van der Waals surface area contributed by atoms with Crippen LogP contribution in [0.2, 0.25) is 0 Å². The maximum absolute atomic E-state index is 5.77. The van der Waals surface area contributed by atoms with Gasteiger partial charge in [-0.05, 0) is 37.1 Å². The molecule has 1 aromatic rings. The fourth-order valence-corrected chi connectivity index (χ4v) is 2.06. The summed E-state index contributed by atoms with van der Waals surface area (Å²) in [6.45, 7) is 5.16. The number of rotatable bonds is 3. The van der Waals surface area contributed by atoms with Gasteiger partial charge in [0, 0.05) is 13.1 Å². The lowest BCUT2D eigenvalue weighted by atomic mass is 9.99. The van der Waals surface area contributed by atoms with Crippen molar-refractivity contribution in [2.75, 3.05) is 20.2 Å². The molecular formula is C13H19NO. The Balaban J connectivity index is 2.21. The van der Waals surface area contributed by atoms with Crippen LogP contribution in [0.15, 0.2) is 18.2 Å². The number of hydrogen-bond donors (Lipinski definition) is 0. The summed E-state index contributed by atoms with van der Waals surface area (Å²) in [5.74, 6) is 1.10. The second kappa shape index (κ2) is 4.67. The lowest BCUT2D eigenvalue weighted by Crippen LogP contribution is -2.26. The van der Waals surface area contributed by atoms with Gasteiger partial charge in [0.1, 0.15) is 5.75 Å². The maximum Gasteiger partial charge on any atom is 0.122 e. The molecule has 0 aliphatic carbocycles. The first kappa shape index (κ1) is 10.5. The SMILES string of the molecule is CCCOc1cccc2c1CCN(C)C2. The predicted octanol–water partition coefficient (Wildman–Crippen LogP) is 2.46. The Bertz CT molecular complexity index is 335. The van der Waals surface area contributed by atoms with Gasteiger partial charge < -0.3 is 9.64 Å². The summed E-state index contributed by atoms with van der Waals surface area (Å²) >= 11 is 0. The van der Waals surface area contributed by atoms with Crippen LogP contribution in [0, 0.1) is 0 Å². The van der Waals surface area contributed by atoms with Gasteiger partial charge in [0.2, 0.25) is 0 Å². The first-order chi connectivity index (χ1) is 7.31. The van der Waals surface area contributed by atoms with E-state index in [1.54, 1.807) is 0 Å². The van der Waals surface area contributed by atoms with Crippen molar-refractivity contribution in [3.05, 3.63) is 29.3 Å². The maximum atomic E-state index is 5.77. The zero-order chi connectivity index (χ0) is 10.7. The number of hydrogen-bond acceptors (Lipinski definition) is 2. The molecule has 0 fully saturated rings. The van der Waals surface area contributed by atoms with E-state index in [9.17, 15) is 0 Å². The fourth-order valence-electron chi connectivity index (χ4n) is 2.06. The van der Waals surface area contributed by atoms with Crippen molar-refractivity contribution in [3.8, 4) is 5.75 Å². The fraction of sp³-hybridized carbons (Fsp3) is 0.538. The van der Waals surface area contributed by atoms with E-state index < -0.39 is 0 Å². The Morgan fingerprint density at radius 3 is 3.07 bits per heavy atom. The molecule has 1 aromatic carbocycles. The molecule has 1 heterocycles. The Kier molecular flexibility index (Phi) is 3.27. The van der Waals surface area contributed by atoms with Gasteiger partial charge in [-0.3, -0.25) is 0 Å². The summed E-state index contributed by atoms with van der Waals surface area (Å²) in [6.07, 6.45) is 2.19. The number of ether oxygens (including phenoxy) is 1. The summed E-state index contributed by atoms with van der Waals surface area (Å²) in [7, 11) is 2.17. The quantitative estimate of drug-likeness (QED) is 0.751. The molecule has 2 rings (SSSR count). The molecule has 0 atom stereocenters. The molecule has 1 aliphatic rings. The van der Waals surface area contributed by atoms with Gasteiger partial charge in [-0.1, -0.05) is 19.1 Å². The predicted molar refractivity (Wildman–Crippen MR) is 62.3 cm³/mol. The van der Waals surface area contributed by atoms with Gasteiger partial charge in [-0.15, -0.1) is 0 Å². The van der Waals surface area contributed by atoms with Crippen LogP contribution in [0.25, 0.3) is 0 Å². The Morgan fingerprint density at radius 2 is 2.27 bits per heavy atom. The number of fused-ring (bicyclic) bond motifs is 1. The van der Waals surface area contributed by atoms with Crippen molar-refractivity contribution in [2.45, 2.75) is 26.3 Å². The summed E-state index contributed by atoms with van der Waals surface area (Å²) in [5, 5.41) is 0. The van der Waals surface area contributed by atoms with Crippen LogP contribution in [0.1, 0.15) is 24.5 Å². The molecule has 0 saturated heterocycles. The van der Waals surface area contributed by atoms with Crippen LogP contribution >= 0.6 is 0 Å². The van der Waals surface area contributed by atoms with Gasteiger partial charge >= 0.3 is 0 Å². The van der Waals surface area contributed by atoms with Gasteiger partial charge in [-0.25, -0.2) is 0 Å². The van der Waals surface area contributed by atoms with Crippen molar-refractivity contribution in [1.29, 1.82) is 0 Å². The normalized spacial score (nSPS) is 16.1. The Labute approximate surface area is 91.9 Å². The zero-order valence-electron chi connectivity index (χ0n) is 9.62. The van der Waals surface area contributed by atoms with Crippen molar-refractivity contribution >= 4 is 0 Å². The highest BCUT2D eigenvalue weighted by molar-refractivity contribution is 5.41. The molecule has 0 aromatic heterocycles. The topological polar surface area (TPSA) is 12.5 Å². The van der Waals surface area contributed by atoms with Gasteiger partial charge in [0.25, 0.3) is 0 Å². The van der Waals surface area contributed by atoms with E-state index in [1.807, 2.05) is 0 Å². The molecule has 1 aliphatic heterocycles. The Hall–Kier alpha value is -1.02. The summed E-state index contributed by atoms with van der Waals surface area (Å²) in [5.41, 5.74) is 2.85. The van der Waals surface area contributed by atoms with E-state index >= 15 is 0 Å². The number of benzene rings is 1. The lowest BCUT2D eigenvalue weighted by Gasteiger charge is -2.26. The minimum Gasteiger partial charge on any atom is -0.493 e. The standard InChI is InChI=1S/C13H19NO/c1-3-9-15-13-6-4-5-11-10-14(2)8-7-12(11)13/h4-6H,3,7-10H2,1-2H3. The first-order valence-electron chi connectivity index (χ1n) is 5.73. The van der Waals surface area contributed by atoms with Crippen LogP contribution < -0.4 is 4.74 Å². The average molecular weight is 205 g/mol. The van der Waals surface area contributed by atoms with E-state index in [2.05, 4.69) is 37.1 Å². The molecular weight excluding hydrogens is 186 g/mol. The van der Waals surface area contributed by atoms with Crippen LogP contribution in [0.4, 0.5) is 0 Å². The molecule has 2 nitrogen and oxygen atoms in total. The van der Waals surface area contributed by atoms with E-state index in [0.717, 1.165) is 38.3 Å². The first-order valence-corrected chi connectivity index (χ1v) is 5.73. The zero-order valence-corrected chi connectivity index (χ0v) is 9.62. The largest absolute Gasteiger partial charge is 0.493 e. The highest BCUT2D eigenvalue weighted by Gasteiger charge is 2.16. The van der Waals surface area contributed by atoms with E-state index in [0.29, 0.717) is 0 Å². The van der Waals surface area contributed by atoms with Gasteiger partial charge in [0.15, 0.2) is 0 Å². The smallest absolute Gasteiger partial charge is 0.122 e. The van der Waals surface area contributed by atoms with Gasteiger partial charge in [0.05, 0.1) is 6.61 Å². The second-order valence-corrected chi connectivity index (χ2v) is 4.23. The molecule has 0 N–H and O–H groups in total. The molecule has 15 heavy (non-hydrogen) atoms. The molecule has 0 unspecified atom stereocenters.